The van der Waals surface area contributed by atoms with Crippen LogP contribution in [0.4, 0.5) is 0 Å². The zero-order chi connectivity index (χ0) is 14.1. The Morgan fingerprint density at radius 2 is 2.45 bits per heavy atom. The van der Waals surface area contributed by atoms with Gasteiger partial charge in [-0.05, 0) is 6.92 Å². The highest BCUT2D eigenvalue weighted by atomic mass is 32.1. The second-order valence-corrected chi connectivity index (χ2v) is 5.93. The molecule has 0 spiro atoms. The minimum Gasteiger partial charge on any atom is -0.374 e. The number of aromatic nitrogens is 3. The molecule has 0 bridgehead atoms. The van der Waals surface area contributed by atoms with Crippen LogP contribution in [0.15, 0.2) is 10.9 Å². The van der Waals surface area contributed by atoms with Crippen LogP contribution in [0.5, 0.6) is 0 Å². The topological polar surface area (TPSA) is 85.8 Å². The Bertz CT molecular complexity index is 667. The second-order valence-electron chi connectivity index (χ2n) is 4.89. The van der Waals surface area contributed by atoms with Crippen molar-refractivity contribution in [1.29, 1.82) is 0 Å². The molecule has 1 unspecified atom stereocenters. The number of fused-ring (bicyclic) bond motifs is 1. The summed E-state index contributed by atoms with van der Waals surface area (Å²) in [6.45, 7) is 5.38. The van der Waals surface area contributed by atoms with E-state index in [2.05, 4.69) is 15.0 Å². The van der Waals surface area contributed by atoms with Gasteiger partial charge in [-0.25, -0.2) is 4.98 Å². The maximum Gasteiger partial charge on any atom is 0.275 e. The molecular weight excluding hydrogens is 278 g/mol. The summed E-state index contributed by atoms with van der Waals surface area (Å²) in [6, 6.07) is 1.50. The molecule has 2 N–H and O–H groups in total. The van der Waals surface area contributed by atoms with Crippen molar-refractivity contribution in [3.8, 4) is 0 Å². The fraction of sp³-hybridized carbons (Fsp3) is 0.583. The molecular formula is C12H17N5O2S. The lowest BCUT2D eigenvalue weighted by Crippen LogP contribution is -2.45. The number of aryl methyl sites for hydroxylation is 1. The van der Waals surface area contributed by atoms with Gasteiger partial charge < -0.3 is 10.5 Å². The monoisotopic (exact) mass is 295 g/mol. The molecule has 20 heavy (non-hydrogen) atoms. The largest absolute Gasteiger partial charge is 0.374 e. The first-order valence-corrected chi connectivity index (χ1v) is 7.38. The number of hydrogen-bond acceptors (Lipinski definition) is 7. The maximum absolute atomic E-state index is 11.8. The van der Waals surface area contributed by atoms with E-state index in [0.29, 0.717) is 24.7 Å². The smallest absolute Gasteiger partial charge is 0.275 e. The molecule has 0 radical (unpaired) electrons. The van der Waals surface area contributed by atoms with E-state index >= 15 is 0 Å². The number of hydrogen-bond donors (Lipinski definition) is 1. The molecule has 7 nitrogen and oxygen atoms in total. The average molecular weight is 295 g/mol. The van der Waals surface area contributed by atoms with E-state index in [1.807, 2.05) is 6.92 Å². The van der Waals surface area contributed by atoms with Crippen LogP contribution >= 0.6 is 11.3 Å². The Kier molecular flexibility index (Phi) is 3.79. The third-order valence-corrected chi connectivity index (χ3v) is 4.15. The second kappa shape index (κ2) is 5.57. The van der Waals surface area contributed by atoms with E-state index < -0.39 is 0 Å². The summed E-state index contributed by atoms with van der Waals surface area (Å²) in [6.07, 6.45) is 0.0845. The van der Waals surface area contributed by atoms with Crippen LogP contribution in [0, 0.1) is 6.92 Å². The normalized spacial score (nSPS) is 20.6. The van der Waals surface area contributed by atoms with Gasteiger partial charge in [0, 0.05) is 31.4 Å². The molecule has 1 saturated heterocycles. The lowest BCUT2D eigenvalue weighted by Gasteiger charge is -2.31. The van der Waals surface area contributed by atoms with E-state index in [9.17, 15) is 4.79 Å². The summed E-state index contributed by atoms with van der Waals surface area (Å²) in [7, 11) is 0. The van der Waals surface area contributed by atoms with Crippen LogP contribution in [0.25, 0.3) is 4.96 Å². The fourth-order valence-corrected chi connectivity index (χ4v) is 3.27. The molecule has 108 valence electrons. The molecule has 3 heterocycles. The summed E-state index contributed by atoms with van der Waals surface area (Å²) < 4.78 is 6.91. The number of ether oxygens (including phenoxy) is 1. The highest BCUT2D eigenvalue weighted by Crippen LogP contribution is 2.15. The maximum atomic E-state index is 11.8. The van der Waals surface area contributed by atoms with Crippen molar-refractivity contribution in [2.45, 2.75) is 19.6 Å². The van der Waals surface area contributed by atoms with E-state index in [4.69, 9.17) is 10.5 Å². The summed E-state index contributed by atoms with van der Waals surface area (Å²) >= 11 is 1.46. The Morgan fingerprint density at radius 1 is 1.60 bits per heavy atom. The minimum absolute atomic E-state index is 0.0845. The van der Waals surface area contributed by atoms with Gasteiger partial charge in [0.05, 0.1) is 19.3 Å². The summed E-state index contributed by atoms with van der Waals surface area (Å²) in [5.74, 6) is 0. The molecule has 8 heteroatoms. The first-order chi connectivity index (χ1) is 9.65. The molecule has 0 aromatic carbocycles. The van der Waals surface area contributed by atoms with Crippen LogP contribution < -0.4 is 11.3 Å². The summed E-state index contributed by atoms with van der Waals surface area (Å²) in [5, 5.41) is 5.23. The molecule has 3 rings (SSSR count). The van der Waals surface area contributed by atoms with E-state index in [0.717, 1.165) is 23.8 Å². The molecule has 2 aromatic heterocycles. The van der Waals surface area contributed by atoms with Crippen molar-refractivity contribution >= 4 is 16.3 Å². The summed E-state index contributed by atoms with van der Waals surface area (Å²) in [4.78, 5) is 19.1. The molecule has 0 aliphatic carbocycles. The fourth-order valence-electron chi connectivity index (χ4n) is 2.28. The van der Waals surface area contributed by atoms with Gasteiger partial charge in [-0.2, -0.15) is 9.61 Å². The Labute approximate surface area is 120 Å². The lowest BCUT2D eigenvalue weighted by molar-refractivity contribution is -0.0261. The number of morpholine rings is 1. The van der Waals surface area contributed by atoms with Crippen molar-refractivity contribution in [2.75, 3.05) is 26.2 Å². The van der Waals surface area contributed by atoms with Gasteiger partial charge in [-0.1, -0.05) is 11.3 Å². The van der Waals surface area contributed by atoms with Gasteiger partial charge in [0.1, 0.15) is 5.01 Å². The highest BCUT2D eigenvalue weighted by Gasteiger charge is 2.20. The molecule has 0 amide bonds. The molecule has 1 aliphatic rings. The quantitative estimate of drug-likeness (QED) is 0.831. The zero-order valence-corrected chi connectivity index (χ0v) is 12.1. The Morgan fingerprint density at radius 3 is 3.25 bits per heavy atom. The molecule has 1 aliphatic heterocycles. The van der Waals surface area contributed by atoms with Crippen LogP contribution in [-0.4, -0.2) is 51.8 Å². The van der Waals surface area contributed by atoms with E-state index in [-0.39, 0.29) is 11.7 Å². The third kappa shape index (κ3) is 2.73. The number of rotatable bonds is 3. The van der Waals surface area contributed by atoms with Gasteiger partial charge >= 0.3 is 0 Å². The van der Waals surface area contributed by atoms with Gasteiger partial charge in [0.2, 0.25) is 4.96 Å². The first kappa shape index (κ1) is 13.6. The van der Waals surface area contributed by atoms with Crippen LogP contribution in [-0.2, 0) is 11.3 Å². The molecule has 0 saturated carbocycles. The first-order valence-electron chi connectivity index (χ1n) is 6.56. The Balaban J connectivity index is 1.81. The third-order valence-electron chi connectivity index (χ3n) is 3.26. The van der Waals surface area contributed by atoms with Crippen molar-refractivity contribution in [2.24, 2.45) is 5.73 Å². The van der Waals surface area contributed by atoms with Gasteiger partial charge in [-0.15, -0.1) is 0 Å². The van der Waals surface area contributed by atoms with Crippen LogP contribution in [0.3, 0.4) is 0 Å². The van der Waals surface area contributed by atoms with E-state index in [1.165, 1.54) is 21.9 Å². The van der Waals surface area contributed by atoms with Gasteiger partial charge in [0.15, 0.2) is 0 Å². The van der Waals surface area contributed by atoms with Gasteiger partial charge in [-0.3, -0.25) is 9.69 Å². The summed E-state index contributed by atoms with van der Waals surface area (Å²) in [5.41, 5.74) is 6.23. The Hall–Kier alpha value is -1.35. The SMILES string of the molecule is Cc1cc(=O)n2nc(CN3CCOC(CN)C3)sc2n1. The minimum atomic E-state index is -0.128. The number of nitrogens with two attached hydrogens (primary N) is 1. The van der Waals surface area contributed by atoms with Crippen LogP contribution in [0.2, 0.25) is 0 Å². The molecule has 1 atom stereocenters. The highest BCUT2D eigenvalue weighted by molar-refractivity contribution is 7.16. The predicted molar refractivity (Wildman–Crippen MR) is 75.9 cm³/mol. The van der Waals surface area contributed by atoms with Crippen molar-refractivity contribution < 1.29 is 4.74 Å². The standard InChI is InChI=1S/C12H17N5O2S/c1-8-4-11(18)17-12(14-8)20-10(15-17)7-16-2-3-19-9(5-13)6-16/h4,9H,2-3,5-7,13H2,1H3. The van der Waals surface area contributed by atoms with Crippen molar-refractivity contribution in [3.05, 3.63) is 27.1 Å². The average Bonchev–Trinajstić information content (AvgIpc) is 2.81. The zero-order valence-electron chi connectivity index (χ0n) is 11.3. The molecule has 2 aromatic rings. The van der Waals surface area contributed by atoms with Gasteiger partial charge in [0.25, 0.3) is 5.56 Å². The molecule has 1 fully saturated rings. The van der Waals surface area contributed by atoms with E-state index in [1.54, 1.807) is 0 Å². The number of nitrogens with zero attached hydrogens (tertiary/aromatic N) is 4. The lowest BCUT2D eigenvalue weighted by atomic mass is 10.3. The van der Waals surface area contributed by atoms with Crippen molar-refractivity contribution in [3.63, 3.8) is 0 Å². The van der Waals surface area contributed by atoms with Crippen molar-refractivity contribution in [1.82, 2.24) is 19.5 Å². The predicted octanol–water partition coefficient (Wildman–Crippen LogP) is -0.381. The van der Waals surface area contributed by atoms with Crippen LogP contribution in [0.1, 0.15) is 10.7 Å².